The number of carbonyl (C=O) groups is 1. The topological polar surface area (TPSA) is 46.3 Å². The summed E-state index contributed by atoms with van der Waals surface area (Å²) in [7, 11) is 4.05. The zero-order valence-electron chi connectivity index (χ0n) is 12.6. The molecule has 1 unspecified atom stereocenters. The average Bonchev–Trinajstić information content (AvgIpc) is 2.30. The van der Waals surface area contributed by atoms with Crippen LogP contribution in [0.4, 0.5) is 0 Å². The lowest BCUT2D eigenvalue weighted by atomic mass is 10.0. The zero-order valence-corrected chi connectivity index (χ0v) is 12.6. The Bertz CT molecular complexity index is 205. The first-order valence-electron chi connectivity index (χ1n) is 7.52. The lowest BCUT2D eigenvalue weighted by Crippen LogP contribution is -2.32. The van der Waals surface area contributed by atoms with Gasteiger partial charge in [-0.3, -0.25) is 4.79 Å². The summed E-state index contributed by atoms with van der Waals surface area (Å²) in [5.41, 5.74) is 5.26. The summed E-state index contributed by atoms with van der Waals surface area (Å²) in [4.78, 5) is 13.1. The monoisotopic (exact) mass is 256 g/mol. The summed E-state index contributed by atoms with van der Waals surface area (Å²) < 4.78 is 0. The third-order valence-corrected chi connectivity index (χ3v) is 3.56. The van der Waals surface area contributed by atoms with Crippen LogP contribution in [0, 0.1) is 0 Å². The van der Waals surface area contributed by atoms with Crippen LogP contribution in [0.2, 0.25) is 0 Å². The van der Waals surface area contributed by atoms with Gasteiger partial charge in [-0.15, -0.1) is 0 Å². The second-order valence-corrected chi connectivity index (χ2v) is 5.55. The van der Waals surface area contributed by atoms with Gasteiger partial charge >= 0.3 is 0 Å². The number of carbonyl (C=O) groups excluding carboxylic acids is 1. The van der Waals surface area contributed by atoms with Gasteiger partial charge in [0.15, 0.2) is 0 Å². The van der Waals surface area contributed by atoms with Crippen molar-refractivity contribution in [1.82, 2.24) is 4.90 Å². The first kappa shape index (κ1) is 17.4. The molecular weight excluding hydrogens is 224 g/mol. The summed E-state index contributed by atoms with van der Waals surface area (Å²) in [6.45, 7) is 2.25. The van der Waals surface area contributed by atoms with Crippen LogP contribution < -0.4 is 5.73 Å². The van der Waals surface area contributed by atoms with Crippen molar-refractivity contribution in [1.29, 1.82) is 0 Å². The molecule has 1 amide bonds. The SMILES string of the molecule is CCCCCCCCCCC(CC(N)=O)N(C)C. The molecule has 0 bridgehead atoms. The predicted octanol–water partition coefficient (Wildman–Crippen LogP) is 3.32. The van der Waals surface area contributed by atoms with Crippen molar-refractivity contribution in [3.8, 4) is 0 Å². The van der Waals surface area contributed by atoms with E-state index >= 15 is 0 Å². The normalized spacial score (nSPS) is 12.9. The van der Waals surface area contributed by atoms with E-state index in [1.807, 2.05) is 14.1 Å². The van der Waals surface area contributed by atoms with Crippen LogP contribution in [0.1, 0.15) is 71.1 Å². The molecule has 0 radical (unpaired) electrons. The van der Waals surface area contributed by atoms with Crippen LogP contribution in [0.15, 0.2) is 0 Å². The molecule has 3 nitrogen and oxygen atoms in total. The number of hydrogen-bond acceptors (Lipinski definition) is 2. The maximum Gasteiger partial charge on any atom is 0.218 e. The Hall–Kier alpha value is -0.570. The fraction of sp³-hybridized carbons (Fsp3) is 0.933. The average molecular weight is 256 g/mol. The Balaban J connectivity index is 3.46. The lowest BCUT2D eigenvalue weighted by molar-refractivity contribution is -0.119. The van der Waals surface area contributed by atoms with Crippen LogP contribution in [0.5, 0.6) is 0 Å². The molecule has 0 rings (SSSR count). The van der Waals surface area contributed by atoms with Crippen molar-refractivity contribution in [3.63, 3.8) is 0 Å². The number of unbranched alkanes of at least 4 members (excludes halogenated alkanes) is 7. The van der Waals surface area contributed by atoms with Crippen LogP contribution in [-0.4, -0.2) is 30.9 Å². The molecule has 0 aliphatic heterocycles. The van der Waals surface area contributed by atoms with E-state index in [9.17, 15) is 4.79 Å². The molecule has 18 heavy (non-hydrogen) atoms. The molecule has 3 heteroatoms. The van der Waals surface area contributed by atoms with Crippen molar-refractivity contribution in [2.75, 3.05) is 14.1 Å². The molecule has 0 saturated heterocycles. The largest absolute Gasteiger partial charge is 0.370 e. The number of primary amides is 1. The van der Waals surface area contributed by atoms with Gasteiger partial charge in [0.25, 0.3) is 0 Å². The minimum atomic E-state index is -0.187. The minimum absolute atomic E-state index is 0.187. The van der Waals surface area contributed by atoms with E-state index < -0.39 is 0 Å². The lowest BCUT2D eigenvalue weighted by Gasteiger charge is -2.22. The summed E-state index contributed by atoms with van der Waals surface area (Å²) in [6.07, 6.45) is 12.2. The molecule has 0 fully saturated rings. The number of rotatable bonds is 12. The summed E-state index contributed by atoms with van der Waals surface area (Å²) in [5, 5.41) is 0. The van der Waals surface area contributed by atoms with Gasteiger partial charge in [-0.2, -0.15) is 0 Å². The fourth-order valence-corrected chi connectivity index (χ4v) is 2.29. The molecule has 0 spiro atoms. The Labute approximate surface area is 113 Å². The molecule has 108 valence electrons. The number of nitrogens with two attached hydrogens (primary N) is 1. The van der Waals surface area contributed by atoms with E-state index in [1.165, 1.54) is 51.4 Å². The van der Waals surface area contributed by atoms with Gasteiger partial charge in [0.1, 0.15) is 0 Å². The van der Waals surface area contributed by atoms with Gasteiger partial charge < -0.3 is 10.6 Å². The smallest absolute Gasteiger partial charge is 0.218 e. The van der Waals surface area contributed by atoms with Crippen LogP contribution in [-0.2, 0) is 4.79 Å². The molecule has 0 saturated carbocycles. The third kappa shape index (κ3) is 10.6. The van der Waals surface area contributed by atoms with Gasteiger partial charge in [0.05, 0.1) is 0 Å². The maximum absolute atomic E-state index is 10.9. The van der Waals surface area contributed by atoms with Crippen LogP contribution in [0.25, 0.3) is 0 Å². The van der Waals surface area contributed by atoms with E-state index in [0.29, 0.717) is 12.5 Å². The Morgan fingerprint density at radius 2 is 1.50 bits per heavy atom. The first-order valence-corrected chi connectivity index (χ1v) is 7.52. The fourth-order valence-electron chi connectivity index (χ4n) is 2.29. The van der Waals surface area contributed by atoms with Crippen molar-refractivity contribution in [2.45, 2.75) is 77.2 Å². The third-order valence-electron chi connectivity index (χ3n) is 3.56. The highest BCUT2D eigenvalue weighted by atomic mass is 16.1. The molecule has 0 aromatic carbocycles. The highest BCUT2D eigenvalue weighted by molar-refractivity contribution is 5.74. The Morgan fingerprint density at radius 3 is 1.94 bits per heavy atom. The number of nitrogens with zero attached hydrogens (tertiary/aromatic N) is 1. The predicted molar refractivity (Wildman–Crippen MR) is 78.5 cm³/mol. The van der Waals surface area contributed by atoms with Gasteiger partial charge in [0, 0.05) is 12.5 Å². The summed E-state index contributed by atoms with van der Waals surface area (Å²) in [5.74, 6) is -0.187. The van der Waals surface area contributed by atoms with Gasteiger partial charge in [-0.1, -0.05) is 58.3 Å². The summed E-state index contributed by atoms with van der Waals surface area (Å²) >= 11 is 0. The first-order chi connectivity index (χ1) is 8.57. The van der Waals surface area contributed by atoms with Crippen LogP contribution in [0.3, 0.4) is 0 Å². The van der Waals surface area contributed by atoms with Crippen LogP contribution >= 0.6 is 0 Å². The standard InChI is InChI=1S/C15H32N2O/c1-4-5-6-7-8-9-10-11-12-14(17(2)3)13-15(16)18/h14H,4-13H2,1-3H3,(H2,16,18). The Morgan fingerprint density at radius 1 is 1.00 bits per heavy atom. The molecular formula is C15H32N2O. The van der Waals surface area contributed by atoms with E-state index in [2.05, 4.69) is 11.8 Å². The van der Waals surface area contributed by atoms with Crippen molar-refractivity contribution in [3.05, 3.63) is 0 Å². The van der Waals surface area contributed by atoms with E-state index in [4.69, 9.17) is 5.73 Å². The van der Waals surface area contributed by atoms with E-state index in [-0.39, 0.29) is 5.91 Å². The minimum Gasteiger partial charge on any atom is -0.370 e. The Kier molecular flexibility index (Phi) is 11.2. The highest BCUT2D eigenvalue weighted by Crippen LogP contribution is 2.13. The van der Waals surface area contributed by atoms with E-state index in [1.54, 1.807) is 0 Å². The number of amides is 1. The molecule has 0 aromatic rings. The molecule has 0 aliphatic rings. The van der Waals surface area contributed by atoms with Gasteiger partial charge in [0.2, 0.25) is 5.91 Å². The number of hydrogen-bond donors (Lipinski definition) is 1. The van der Waals surface area contributed by atoms with Crippen molar-refractivity contribution < 1.29 is 4.79 Å². The van der Waals surface area contributed by atoms with E-state index in [0.717, 1.165) is 6.42 Å². The summed E-state index contributed by atoms with van der Waals surface area (Å²) in [6, 6.07) is 0.322. The highest BCUT2D eigenvalue weighted by Gasteiger charge is 2.13. The van der Waals surface area contributed by atoms with Gasteiger partial charge in [-0.05, 0) is 20.5 Å². The van der Waals surface area contributed by atoms with Gasteiger partial charge in [-0.25, -0.2) is 0 Å². The second-order valence-electron chi connectivity index (χ2n) is 5.55. The molecule has 0 aromatic heterocycles. The quantitative estimate of drug-likeness (QED) is 0.544. The van der Waals surface area contributed by atoms with Crippen molar-refractivity contribution in [2.24, 2.45) is 5.73 Å². The van der Waals surface area contributed by atoms with Crippen molar-refractivity contribution >= 4 is 5.91 Å². The molecule has 0 heterocycles. The second kappa shape index (κ2) is 11.5. The molecule has 0 aliphatic carbocycles. The zero-order chi connectivity index (χ0) is 13.8. The maximum atomic E-state index is 10.9. The molecule has 1 atom stereocenters. The molecule has 2 N–H and O–H groups in total.